The maximum Gasteiger partial charge on any atom is 0.126 e. The van der Waals surface area contributed by atoms with Gasteiger partial charge < -0.3 is 10.6 Å². The zero-order valence-corrected chi connectivity index (χ0v) is 8.70. The molecule has 0 radical (unpaired) electrons. The van der Waals surface area contributed by atoms with Crippen molar-refractivity contribution >= 4 is 5.69 Å². The zero-order valence-electron chi connectivity index (χ0n) is 8.70. The Morgan fingerprint density at radius 1 is 1.47 bits per heavy atom. The Balaban J connectivity index is 3.02. The van der Waals surface area contributed by atoms with Gasteiger partial charge in [0, 0.05) is 25.3 Å². The highest BCUT2D eigenvalue weighted by molar-refractivity contribution is 5.51. The highest BCUT2D eigenvalue weighted by Gasteiger charge is 2.06. The molecule has 0 saturated heterocycles. The summed E-state index contributed by atoms with van der Waals surface area (Å²) in [6, 6.07) is 6.24. The fourth-order valence-corrected chi connectivity index (χ4v) is 1.45. The fourth-order valence-electron chi connectivity index (χ4n) is 1.45. The summed E-state index contributed by atoms with van der Waals surface area (Å²) in [5.74, 6) is -0.389. The Morgan fingerprint density at radius 3 is 2.73 bits per heavy atom. The van der Waals surface area contributed by atoms with Gasteiger partial charge in [-0.15, -0.1) is 0 Å². The van der Waals surface area contributed by atoms with Crippen LogP contribution in [0.3, 0.4) is 0 Å². The number of anilines is 1. The largest absolute Gasteiger partial charge is 0.370 e. The zero-order chi connectivity index (χ0) is 11.3. The molecule has 1 rings (SSSR count). The monoisotopic (exact) mass is 207 g/mol. The second-order valence-electron chi connectivity index (χ2n) is 3.18. The van der Waals surface area contributed by atoms with E-state index in [-0.39, 0.29) is 5.82 Å². The van der Waals surface area contributed by atoms with Crippen molar-refractivity contribution in [2.45, 2.75) is 6.92 Å². The van der Waals surface area contributed by atoms with E-state index in [0.717, 1.165) is 6.54 Å². The van der Waals surface area contributed by atoms with Crippen LogP contribution in [0.15, 0.2) is 18.2 Å². The van der Waals surface area contributed by atoms with Crippen molar-refractivity contribution < 1.29 is 4.39 Å². The second kappa shape index (κ2) is 5.32. The number of hydrogen-bond donors (Lipinski definition) is 1. The molecule has 0 aromatic heterocycles. The van der Waals surface area contributed by atoms with Crippen LogP contribution >= 0.6 is 0 Å². The molecule has 0 unspecified atom stereocenters. The Kier molecular flexibility index (Phi) is 4.07. The number of hydrogen-bond acceptors (Lipinski definition) is 3. The average molecular weight is 207 g/mol. The van der Waals surface area contributed by atoms with Gasteiger partial charge in [0.15, 0.2) is 0 Å². The number of likely N-dealkylation sites (N-methyl/N-ethyl adjacent to an activating group) is 1. The van der Waals surface area contributed by atoms with Crippen molar-refractivity contribution in [1.82, 2.24) is 0 Å². The Hall–Kier alpha value is -1.60. The Labute approximate surface area is 88.9 Å². The van der Waals surface area contributed by atoms with Crippen molar-refractivity contribution in [2.75, 3.05) is 24.5 Å². The van der Waals surface area contributed by atoms with Gasteiger partial charge in [0.25, 0.3) is 0 Å². The van der Waals surface area contributed by atoms with E-state index in [0.29, 0.717) is 24.3 Å². The molecule has 0 aliphatic rings. The molecule has 15 heavy (non-hydrogen) atoms. The molecule has 0 saturated carbocycles. The summed E-state index contributed by atoms with van der Waals surface area (Å²) in [6.07, 6.45) is 0. The molecule has 0 aliphatic carbocycles. The van der Waals surface area contributed by atoms with Crippen LogP contribution in [0.5, 0.6) is 0 Å². The van der Waals surface area contributed by atoms with Crippen LogP contribution in [0.1, 0.15) is 12.5 Å². The number of halogens is 1. The maximum absolute atomic E-state index is 13.1. The first-order valence-electron chi connectivity index (χ1n) is 4.87. The molecule has 4 heteroatoms. The number of nitrogens with zero attached hydrogens (tertiary/aromatic N) is 2. The van der Waals surface area contributed by atoms with Crippen molar-refractivity contribution in [1.29, 1.82) is 5.26 Å². The molecule has 0 aliphatic heterocycles. The predicted molar refractivity (Wildman–Crippen MR) is 58.1 cm³/mol. The molecule has 0 bridgehead atoms. The summed E-state index contributed by atoms with van der Waals surface area (Å²) < 4.78 is 13.1. The molecule has 3 nitrogen and oxygen atoms in total. The van der Waals surface area contributed by atoms with Gasteiger partial charge in [-0.25, -0.2) is 4.39 Å². The molecule has 1 aromatic carbocycles. The molecule has 2 N–H and O–H groups in total. The van der Waals surface area contributed by atoms with Crippen LogP contribution in [0.4, 0.5) is 10.1 Å². The normalized spacial score (nSPS) is 9.73. The van der Waals surface area contributed by atoms with Crippen LogP contribution in [-0.4, -0.2) is 19.6 Å². The van der Waals surface area contributed by atoms with E-state index in [4.69, 9.17) is 11.0 Å². The first kappa shape index (κ1) is 11.5. The van der Waals surface area contributed by atoms with Gasteiger partial charge in [-0.2, -0.15) is 5.26 Å². The lowest BCUT2D eigenvalue weighted by molar-refractivity contribution is 0.626. The van der Waals surface area contributed by atoms with Gasteiger partial charge in [0.05, 0.1) is 11.6 Å². The van der Waals surface area contributed by atoms with Crippen molar-refractivity contribution in [3.8, 4) is 6.07 Å². The summed E-state index contributed by atoms with van der Waals surface area (Å²) in [7, 11) is 0. The number of benzene rings is 1. The molecule has 0 amide bonds. The van der Waals surface area contributed by atoms with E-state index in [1.54, 1.807) is 6.07 Å². The van der Waals surface area contributed by atoms with E-state index in [9.17, 15) is 4.39 Å². The third-order valence-corrected chi connectivity index (χ3v) is 2.16. The third-order valence-electron chi connectivity index (χ3n) is 2.16. The lowest BCUT2D eigenvalue weighted by Crippen LogP contribution is -2.29. The van der Waals surface area contributed by atoms with Crippen LogP contribution in [0.25, 0.3) is 0 Å². The van der Waals surface area contributed by atoms with Gasteiger partial charge in [0.2, 0.25) is 0 Å². The number of nitrogens with two attached hydrogens (primary N) is 1. The minimum Gasteiger partial charge on any atom is -0.370 e. The molecule has 0 atom stereocenters. The molecular formula is C11H14FN3. The van der Waals surface area contributed by atoms with Crippen LogP contribution in [0, 0.1) is 17.1 Å². The third kappa shape index (κ3) is 2.93. The number of rotatable bonds is 4. The standard InChI is InChI=1S/C11H14FN3/c1-2-15(4-3-13)11-6-9(8-14)5-10(12)7-11/h5-7H,2-4,13H2,1H3. The van der Waals surface area contributed by atoms with Gasteiger partial charge in [-0.1, -0.05) is 0 Å². The lowest BCUT2D eigenvalue weighted by atomic mass is 10.2. The first-order chi connectivity index (χ1) is 7.21. The van der Waals surface area contributed by atoms with E-state index in [2.05, 4.69) is 0 Å². The Morgan fingerprint density at radius 2 is 2.20 bits per heavy atom. The van der Waals surface area contributed by atoms with E-state index >= 15 is 0 Å². The summed E-state index contributed by atoms with van der Waals surface area (Å²) in [6.45, 7) is 3.87. The van der Waals surface area contributed by atoms with E-state index < -0.39 is 0 Å². The van der Waals surface area contributed by atoms with Crippen LogP contribution in [-0.2, 0) is 0 Å². The quantitative estimate of drug-likeness (QED) is 0.813. The first-order valence-corrected chi connectivity index (χ1v) is 4.87. The average Bonchev–Trinajstić information content (AvgIpc) is 2.24. The molecule has 0 spiro atoms. The van der Waals surface area contributed by atoms with Crippen LogP contribution < -0.4 is 10.6 Å². The minimum atomic E-state index is -0.389. The summed E-state index contributed by atoms with van der Waals surface area (Å²) in [5.41, 5.74) is 6.49. The lowest BCUT2D eigenvalue weighted by Gasteiger charge is -2.22. The highest BCUT2D eigenvalue weighted by atomic mass is 19.1. The molecule has 1 aromatic rings. The van der Waals surface area contributed by atoms with Crippen molar-refractivity contribution in [3.63, 3.8) is 0 Å². The smallest absolute Gasteiger partial charge is 0.126 e. The van der Waals surface area contributed by atoms with Crippen LogP contribution in [0.2, 0.25) is 0 Å². The topological polar surface area (TPSA) is 53.0 Å². The second-order valence-corrected chi connectivity index (χ2v) is 3.18. The molecule has 0 heterocycles. The van der Waals surface area contributed by atoms with Gasteiger partial charge >= 0.3 is 0 Å². The summed E-state index contributed by atoms with van der Waals surface area (Å²) in [4.78, 5) is 1.93. The fraction of sp³-hybridized carbons (Fsp3) is 0.364. The van der Waals surface area contributed by atoms with Crippen molar-refractivity contribution in [2.24, 2.45) is 5.73 Å². The SMILES string of the molecule is CCN(CCN)c1cc(F)cc(C#N)c1. The number of nitriles is 1. The predicted octanol–water partition coefficient (Wildman–Crippen LogP) is 1.48. The maximum atomic E-state index is 13.1. The van der Waals surface area contributed by atoms with Gasteiger partial charge in [-0.05, 0) is 25.1 Å². The molecule has 0 fully saturated rings. The van der Waals surface area contributed by atoms with Gasteiger partial charge in [0.1, 0.15) is 5.82 Å². The van der Waals surface area contributed by atoms with Crippen molar-refractivity contribution in [3.05, 3.63) is 29.6 Å². The summed E-state index contributed by atoms with van der Waals surface area (Å²) >= 11 is 0. The van der Waals surface area contributed by atoms with Gasteiger partial charge in [-0.3, -0.25) is 0 Å². The van der Waals surface area contributed by atoms with E-state index in [1.165, 1.54) is 12.1 Å². The Bertz CT molecular complexity index is 371. The minimum absolute atomic E-state index is 0.334. The molecule has 80 valence electrons. The highest BCUT2D eigenvalue weighted by Crippen LogP contribution is 2.17. The van der Waals surface area contributed by atoms with E-state index in [1.807, 2.05) is 17.9 Å². The molecular weight excluding hydrogens is 193 g/mol. The summed E-state index contributed by atoms with van der Waals surface area (Å²) in [5, 5.41) is 8.71.